The molecule has 2 rings (SSSR count). The van der Waals surface area contributed by atoms with Crippen molar-refractivity contribution in [1.82, 2.24) is 5.32 Å². The quantitative estimate of drug-likeness (QED) is 0.630. The molecule has 0 radical (unpaired) electrons. The number of hydrogen-bond acceptors (Lipinski definition) is 5. The molecule has 2 N–H and O–H groups in total. The van der Waals surface area contributed by atoms with Crippen molar-refractivity contribution in [3.05, 3.63) is 35.9 Å². The number of rotatable bonds is 5. The Bertz CT molecular complexity index is 552. The molecule has 7 heteroatoms. The Hall–Kier alpha value is -2.57. The highest BCUT2D eigenvalue weighted by Gasteiger charge is 2.52. The van der Waals surface area contributed by atoms with Crippen LogP contribution in [-0.4, -0.2) is 35.0 Å². The lowest BCUT2D eigenvalue weighted by molar-refractivity contribution is -0.140. The standard InChI is InChI=1S/C14H15NO6/c1-9(20-11(16)10-5-3-2-4-6-10)21-13(19)15-14(7-8-14)12(17)18/h2-6,9H,7-8H2,1H3,(H,15,19)(H,17,18). The minimum Gasteiger partial charge on any atom is -0.480 e. The summed E-state index contributed by atoms with van der Waals surface area (Å²) in [6.45, 7) is 1.38. The normalized spacial score (nSPS) is 16.4. The van der Waals surface area contributed by atoms with Gasteiger partial charge in [0.2, 0.25) is 6.29 Å². The maximum Gasteiger partial charge on any atom is 0.411 e. The summed E-state index contributed by atoms with van der Waals surface area (Å²) in [6, 6.07) is 8.25. The molecular formula is C14H15NO6. The number of hydrogen-bond donors (Lipinski definition) is 2. The number of carbonyl (C=O) groups excluding carboxylic acids is 2. The number of benzene rings is 1. The topological polar surface area (TPSA) is 102 Å². The molecule has 1 aromatic carbocycles. The Balaban J connectivity index is 1.82. The van der Waals surface area contributed by atoms with Gasteiger partial charge in [-0.3, -0.25) is 0 Å². The number of amides is 1. The van der Waals surface area contributed by atoms with Crippen molar-refractivity contribution in [2.75, 3.05) is 0 Å². The van der Waals surface area contributed by atoms with E-state index in [0.29, 0.717) is 18.4 Å². The van der Waals surface area contributed by atoms with E-state index in [2.05, 4.69) is 5.32 Å². The SMILES string of the molecule is CC(OC(=O)NC1(C(=O)O)CC1)OC(=O)c1ccccc1. The summed E-state index contributed by atoms with van der Waals surface area (Å²) >= 11 is 0. The average molecular weight is 293 g/mol. The van der Waals surface area contributed by atoms with Crippen molar-refractivity contribution in [1.29, 1.82) is 0 Å². The van der Waals surface area contributed by atoms with E-state index >= 15 is 0 Å². The molecule has 0 aliphatic heterocycles. The number of carboxylic acids is 1. The smallest absolute Gasteiger partial charge is 0.411 e. The molecule has 0 bridgehead atoms. The van der Waals surface area contributed by atoms with E-state index < -0.39 is 29.9 Å². The van der Waals surface area contributed by atoms with Crippen molar-refractivity contribution < 1.29 is 29.0 Å². The Labute approximate surface area is 120 Å². The van der Waals surface area contributed by atoms with Gasteiger partial charge in [-0.05, 0) is 25.0 Å². The first kappa shape index (κ1) is 14.8. The molecule has 21 heavy (non-hydrogen) atoms. The van der Waals surface area contributed by atoms with E-state index in [1.165, 1.54) is 6.92 Å². The highest BCUT2D eigenvalue weighted by molar-refractivity contribution is 5.89. The molecule has 0 spiro atoms. The molecule has 0 saturated heterocycles. The highest BCUT2D eigenvalue weighted by Crippen LogP contribution is 2.35. The minimum absolute atomic E-state index is 0.331. The molecule has 1 aliphatic carbocycles. The molecule has 1 aliphatic rings. The van der Waals surface area contributed by atoms with Crippen LogP contribution >= 0.6 is 0 Å². The first-order valence-corrected chi connectivity index (χ1v) is 6.41. The van der Waals surface area contributed by atoms with E-state index in [4.69, 9.17) is 14.6 Å². The number of carboxylic acid groups (broad SMARTS) is 1. The zero-order chi connectivity index (χ0) is 15.5. The van der Waals surface area contributed by atoms with Gasteiger partial charge in [0.1, 0.15) is 5.54 Å². The summed E-state index contributed by atoms with van der Waals surface area (Å²) < 4.78 is 9.75. The lowest BCUT2D eigenvalue weighted by Gasteiger charge is -2.17. The second kappa shape index (κ2) is 5.82. The third-order valence-corrected chi connectivity index (χ3v) is 3.06. The van der Waals surface area contributed by atoms with E-state index in [0.717, 1.165) is 0 Å². The molecule has 1 unspecified atom stereocenters. The van der Waals surface area contributed by atoms with Crippen molar-refractivity contribution in [2.45, 2.75) is 31.6 Å². The first-order valence-electron chi connectivity index (χ1n) is 6.41. The van der Waals surface area contributed by atoms with Gasteiger partial charge in [0.25, 0.3) is 0 Å². The summed E-state index contributed by atoms with van der Waals surface area (Å²) in [5, 5.41) is 11.2. The van der Waals surface area contributed by atoms with Crippen LogP contribution in [0.3, 0.4) is 0 Å². The fraction of sp³-hybridized carbons (Fsp3) is 0.357. The van der Waals surface area contributed by atoms with Crippen molar-refractivity contribution >= 4 is 18.0 Å². The number of aliphatic carboxylic acids is 1. The lowest BCUT2D eigenvalue weighted by Crippen LogP contribution is -2.44. The van der Waals surface area contributed by atoms with Gasteiger partial charge in [0.15, 0.2) is 0 Å². The van der Waals surface area contributed by atoms with Crippen molar-refractivity contribution in [2.24, 2.45) is 0 Å². The van der Waals surface area contributed by atoms with Crippen LogP contribution in [0.2, 0.25) is 0 Å². The first-order chi connectivity index (χ1) is 9.93. The highest BCUT2D eigenvalue weighted by atomic mass is 16.7. The van der Waals surface area contributed by atoms with E-state index in [1.54, 1.807) is 30.3 Å². The van der Waals surface area contributed by atoms with Crippen molar-refractivity contribution in [3.63, 3.8) is 0 Å². The lowest BCUT2D eigenvalue weighted by atomic mass is 10.2. The summed E-state index contributed by atoms with van der Waals surface area (Å²) in [4.78, 5) is 34.2. The summed E-state index contributed by atoms with van der Waals surface area (Å²) in [5.74, 6) is -1.73. The maximum absolute atomic E-state index is 11.7. The number of alkyl carbamates (subject to hydrolysis) is 1. The second-order valence-corrected chi connectivity index (χ2v) is 4.76. The third-order valence-electron chi connectivity index (χ3n) is 3.06. The summed E-state index contributed by atoms with van der Waals surface area (Å²) in [6.07, 6.45) is -1.34. The predicted molar refractivity (Wildman–Crippen MR) is 70.5 cm³/mol. The van der Waals surface area contributed by atoms with Gasteiger partial charge in [0.05, 0.1) is 5.56 Å². The molecule has 112 valence electrons. The van der Waals surface area contributed by atoms with Gasteiger partial charge in [-0.1, -0.05) is 18.2 Å². The number of ether oxygens (including phenoxy) is 2. The van der Waals surface area contributed by atoms with Gasteiger partial charge in [-0.25, -0.2) is 14.4 Å². The monoisotopic (exact) mass is 293 g/mol. The fourth-order valence-corrected chi connectivity index (χ4v) is 1.71. The molecule has 1 atom stereocenters. The van der Waals surface area contributed by atoms with Crippen LogP contribution in [0.15, 0.2) is 30.3 Å². The Morgan fingerprint density at radius 1 is 1.19 bits per heavy atom. The van der Waals surface area contributed by atoms with Crippen LogP contribution in [0, 0.1) is 0 Å². The molecule has 0 heterocycles. The largest absolute Gasteiger partial charge is 0.480 e. The van der Waals surface area contributed by atoms with Crippen LogP contribution in [0.4, 0.5) is 4.79 Å². The fourth-order valence-electron chi connectivity index (χ4n) is 1.71. The van der Waals surface area contributed by atoms with Gasteiger partial charge < -0.3 is 19.9 Å². The predicted octanol–water partition coefficient (Wildman–Crippen LogP) is 1.53. The Morgan fingerprint density at radius 3 is 2.33 bits per heavy atom. The van der Waals surface area contributed by atoms with E-state index in [1.807, 2.05) is 0 Å². The van der Waals surface area contributed by atoms with E-state index in [-0.39, 0.29) is 0 Å². The molecule has 7 nitrogen and oxygen atoms in total. The van der Waals surface area contributed by atoms with Gasteiger partial charge in [-0.2, -0.15) is 0 Å². The van der Waals surface area contributed by atoms with Crippen LogP contribution in [-0.2, 0) is 14.3 Å². The number of esters is 1. The average Bonchev–Trinajstić information content (AvgIpc) is 3.20. The summed E-state index contributed by atoms with van der Waals surface area (Å²) in [7, 11) is 0. The van der Waals surface area contributed by atoms with Crippen LogP contribution in [0.5, 0.6) is 0 Å². The number of nitrogens with one attached hydrogen (secondary N) is 1. The van der Waals surface area contributed by atoms with Crippen LogP contribution in [0.1, 0.15) is 30.1 Å². The zero-order valence-electron chi connectivity index (χ0n) is 11.4. The Kier molecular flexibility index (Phi) is 4.11. The minimum atomic E-state index is -1.24. The number of carbonyl (C=O) groups is 3. The molecule has 1 aromatic rings. The van der Waals surface area contributed by atoms with Crippen LogP contribution in [0.25, 0.3) is 0 Å². The van der Waals surface area contributed by atoms with Gasteiger partial charge in [0, 0.05) is 6.92 Å². The molecular weight excluding hydrogens is 278 g/mol. The second-order valence-electron chi connectivity index (χ2n) is 4.76. The van der Waals surface area contributed by atoms with Gasteiger partial charge >= 0.3 is 18.0 Å². The Morgan fingerprint density at radius 2 is 1.81 bits per heavy atom. The van der Waals surface area contributed by atoms with E-state index in [9.17, 15) is 14.4 Å². The summed E-state index contributed by atoms with van der Waals surface area (Å²) in [5.41, 5.74) is -0.905. The maximum atomic E-state index is 11.7. The molecule has 1 amide bonds. The van der Waals surface area contributed by atoms with Gasteiger partial charge in [-0.15, -0.1) is 0 Å². The third kappa shape index (κ3) is 3.71. The zero-order valence-corrected chi connectivity index (χ0v) is 11.4. The van der Waals surface area contributed by atoms with Crippen LogP contribution < -0.4 is 5.32 Å². The molecule has 0 aromatic heterocycles. The molecule has 1 fully saturated rings. The molecule has 1 saturated carbocycles. The van der Waals surface area contributed by atoms with Crippen molar-refractivity contribution in [3.8, 4) is 0 Å².